The van der Waals surface area contributed by atoms with Gasteiger partial charge in [-0.1, -0.05) is 0 Å². The summed E-state index contributed by atoms with van der Waals surface area (Å²) in [5.41, 5.74) is 1.11. The van der Waals surface area contributed by atoms with E-state index in [4.69, 9.17) is 0 Å². The lowest BCUT2D eigenvalue weighted by molar-refractivity contribution is -0.112. The summed E-state index contributed by atoms with van der Waals surface area (Å²) in [4.78, 5) is 13.0. The van der Waals surface area contributed by atoms with Crippen LogP contribution in [0, 0.1) is 5.92 Å². The van der Waals surface area contributed by atoms with Crippen LogP contribution in [0.4, 0.5) is 0 Å². The Bertz CT molecular complexity index is 326. The molecule has 0 aliphatic carbocycles. The van der Waals surface area contributed by atoms with Crippen molar-refractivity contribution in [1.29, 1.82) is 0 Å². The molecule has 0 atom stereocenters. The van der Waals surface area contributed by atoms with Crippen LogP contribution < -0.4 is 0 Å². The molecule has 15 heavy (non-hydrogen) atoms. The van der Waals surface area contributed by atoms with Crippen LogP contribution in [0.25, 0.3) is 0 Å². The van der Waals surface area contributed by atoms with Gasteiger partial charge in [-0.15, -0.1) is 0 Å². The van der Waals surface area contributed by atoms with E-state index in [0.29, 0.717) is 0 Å². The number of aromatic nitrogens is 2. The third-order valence-electron chi connectivity index (χ3n) is 2.98. The van der Waals surface area contributed by atoms with E-state index in [0.717, 1.165) is 44.5 Å². The monoisotopic (exact) mass is 207 g/mol. The van der Waals surface area contributed by atoms with Gasteiger partial charge >= 0.3 is 0 Å². The molecule has 4 nitrogen and oxygen atoms in total. The van der Waals surface area contributed by atoms with Crippen molar-refractivity contribution in [3.63, 3.8) is 0 Å². The van der Waals surface area contributed by atoms with Gasteiger partial charge in [-0.2, -0.15) is 5.10 Å². The van der Waals surface area contributed by atoms with Gasteiger partial charge in [0.05, 0.1) is 5.69 Å². The maximum Gasteiger partial charge on any atom is 0.123 e. The molecule has 1 aromatic heterocycles. The molecule has 0 unspecified atom stereocenters. The lowest BCUT2D eigenvalue weighted by Gasteiger charge is -2.28. The van der Waals surface area contributed by atoms with Gasteiger partial charge in [0.1, 0.15) is 6.29 Å². The Morgan fingerprint density at radius 3 is 2.80 bits per heavy atom. The van der Waals surface area contributed by atoms with Crippen LogP contribution in [0.5, 0.6) is 0 Å². The zero-order chi connectivity index (χ0) is 10.7. The molecule has 0 N–H and O–H groups in total. The van der Waals surface area contributed by atoms with Gasteiger partial charge in [-0.05, 0) is 32.0 Å². The lowest BCUT2D eigenvalue weighted by Crippen LogP contribution is -2.33. The molecule has 0 aromatic carbocycles. The van der Waals surface area contributed by atoms with Crippen molar-refractivity contribution in [2.45, 2.75) is 19.4 Å². The van der Waals surface area contributed by atoms with Crippen molar-refractivity contribution in [2.75, 3.05) is 13.1 Å². The van der Waals surface area contributed by atoms with E-state index in [1.54, 1.807) is 0 Å². The Kier molecular flexibility index (Phi) is 3.16. The standard InChI is InChI=1S/C11H17N3O/c1-13-5-4-11(12-13)8-14-6-2-10(9-15)3-7-14/h4-5,9-10H,2-3,6-8H2,1H3. The van der Waals surface area contributed by atoms with Gasteiger partial charge in [0.25, 0.3) is 0 Å². The van der Waals surface area contributed by atoms with Gasteiger partial charge in [-0.25, -0.2) is 0 Å². The first-order chi connectivity index (χ1) is 7.28. The number of aryl methyl sites for hydroxylation is 1. The minimum absolute atomic E-state index is 0.282. The molecule has 1 aliphatic rings. The quantitative estimate of drug-likeness (QED) is 0.689. The fourth-order valence-electron chi connectivity index (χ4n) is 2.02. The van der Waals surface area contributed by atoms with Crippen LogP contribution in [0.3, 0.4) is 0 Å². The van der Waals surface area contributed by atoms with Crippen molar-refractivity contribution in [2.24, 2.45) is 13.0 Å². The Hall–Kier alpha value is -1.16. The highest BCUT2D eigenvalue weighted by atomic mass is 16.1. The Morgan fingerprint density at radius 2 is 2.27 bits per heavy atom. The summed E-state index contributed by atoms with van der Waals surface area (Å²) in [5.74, 6) is 0.282. The van der Waals surface area contributed by atoms with Crippen LogP contribution in [0.1, 0.15) is 18.5 Å². The van der Waals surface area contributed by atoms with E-state index in [-0.39, 0.29) is 5.92 Å². The molecule has 0 radical (unpaired) electrons. The number of carbonyl (C=O) groups is 1. The Balaban J connectivity index is 1.84. The lowest BCUT2D eigenvalue weighted by atomic mass is 9.98. The van der Waals surface area contributed by atoms with E-state index in [1.807, 2.05) is 24.0 Å². The van der Waals surface area contributed by atoms with Crippen molar-refractivity contribution < 1.29 is 4.79 Å². The van der Waals surface area contributed by atoms with E-state index in [2.05, 4.69) is 10.00 Å². The summed E-state index contributed by atoms with van der Waals surface area (Å²) < 4.78 is 1.83. The number of nitrogens with zero attached hydrogens (tertiary/aromatic N) is 3. The molecule has 0 bridgehead atoms. The zero-order valence-corrected chi connectivity index (χ0v) is 9.09. The topological polar surface area (TPSA) is 38.1 Å². The number of piperidine rings is 1. The normalized spacial score (nSPS) is 19.3. The average molecular weight is 207 g/mol. The van der Waals surface area contributed by atoms with E-state index >= 15 is 0 Å². The number of aldehydes is 1. The molecule has 1 saturated heterocycles. The van der Waals surface area contributed by atoms with E-state index in [1.165, 1.54) is 0 Å². The summed E-state index contributed by atoms with van der Waals surface area (Å²) in [7, 11) is 1.93. The maximum absolute atomic E-state index is 10.6. The number of hydrogen-bond acceptors (Lipinski definition) is 3. The molecule has 82 valence electrons. The minimum Gasteiger partial charge on any atom is -0.303 e. The second kappa shape index (κ2) is 4.57. The van der Waals surface area contributed by atoms with Gasteiger partial charge in [0.15, 0.2) is 0 Å². The highest BCUT2D eigenvalue weighted by Gasteiger charge is 2.18. The first kappa shape index (κ1) is 10.4. The number of likely N-dealkylation sites (tertiary alicyclic amines) is 1. The fraction of sp³-hybridized carbons (Fsp3) is 0.636. The fourth-order valence-corrected chi connectivity index (χ4v) is 2.02. The number of carbonyl (C=O) groups excluding carboxylic acids is 1. The highest BCUT2D eigenvalue weighted by Crippen LogP contribution is 2.16. The van der Waals surface area contributed by atoms with Gasteiger partial charge in [-0.3, -0.25) is 9.58 Å². The van der Waals surface area contributed by atoms with Crippen LogP contribution in [0.2, 0.25) is 0 Å². The average Bonchev–Trinajstić information content (AvgIpc) is 2.65. The predicted octanol–water partition coefficient (Wildman–Crippen LogP) is 0.831. The molecule has 4 heteroatoms. The molecule has 2 heterocycles. The molecule has 0 saturated carbocycles. The van der Waals surface area contributed by atoms with Gasteiger partial charge < -0.3 is 4.79 Å². The zero-order valence-electron chi connectivity index (χ0n) is 9.09. The Labute approximate surface area is 89.9 Å². The van der Waals surface area contributed by atoms with Crippen molar-refractivity contribution >= 4 is 6.29 Å². The van der Waals surface area contributed by atoms with Crippen LogP contribution in [-0.2, 0) is 18.4 Å². The predicted molar refractivity (Wildman–Crippen MR) is 57.3 cm³/mol. The van der Waals surface area contributed by atoms with E-state index < -0.39 is 0 Å². The Morgan fingerprint density at radius 1 is 1.53 bits per heavy atom. The van der Waals surface area contributed by atoms with Crippen molar-refractivity contribution in [3.8, 4) is 0 Å². The summed E-state index contributed by atoms with van der Waals surface area (Å²) >= 11 is 0. The van der Waals surface area contributed by atoms with Gasteiger partial charge in [0, 0.05) is 25.7 Å². The van der Waals surface area contributed by atoms with Crippen LogP contribution in [-0.4, -0.2) is 34.1 Å². The molecule has 2 rings (SSSR count). The molecular formula is C11H17N3O. The van der Waals surface area contributed by atoms with Crippen molar-refractivity contribution in [1.82, 2.24) is 14.7 Å². The van der Waals surface area contributed by atoms with Gasteiger partial charge in [0.2, 0.25) is 0 Å². The van der Waals surface area contributed by atoms with Crippen molar-refractivity contribution in [3.05, 3.63) is 18.0 Å². The summed E-state index contributed by atoms with van der Waals surface area (Å²) in [5, 5.41) is 4.35. The molecule has 1 fully saturated rings. The third kappa shape index (κ3) is 2.65. The second-order valence-corrected chi connectivity index (χ2v) is 4.23. The number of rotatable bonds is 3. The summed E-state index contributed by atoms with van der Waals surface area (Å²) in [6.07, 6.45) is 5.05. The molecule has 1 aromatic rings. The first-order valence-electron chi connectivity index (χ1n) is 5.44. The second-order valence-electron chi connectivity index (χ2n) is 4.23. The SMILES string of the molecule is Cn1ccc(CN2CCC(C=O)CC2)n1. The van der Waals surface area contributed by atoms with E-state index in [9.17, 15) is 4.79 Å². The molecular weight excluding hydrogens is 190 g/mol. The molecule has 0 spiro atoms. The number of hydrogen-bond donors (Lipinski definition) is 0. The molecule has 1 aliphatic heterocycles. The molecule has 0 amide bonds. The largest absolute Gasteiger partial charge is 0.303 e. The van der Waals surface area contributed by atoms with Crippen LogP contribution >= 0.6 is 0 Å². The summed E-state index contributed by atoms with van der Waals surface area (Å²) in [6, 6.07) is 2.05. The highest BCUT2D eigenvalue weighted by molar-refractivity contribution is 5.53. The third-order valence-corrected chi connectivity index (χ3v) is 2.98. The summed E-state index contributed by atoms with van der Waals surface area (Å²) in [6.45, 7) is 2.94. The minimum atomic E-state index is 0.282. The van der Waals surface area contributed by atoms with Crippen LogP contribution in [0.15, 0.2) is 12.3 Å². The maximum atomic E-state index is 10.6. The smallest absolute Gasteiger partial charge is 0.123 e. The first-order valence-corrected chi connectivity index (χ1v) is 5.44.